The molecule has 0 aliphatic heterocycles. The second kappa shape index (κ2) is 9.09. The van der Waals surface area contributed by atoms with Gasteiger partial charge in [0.15, 0.2) is 14.6 Å². The van der Waals surface area contributed by atoms with E-state index in [9.17, 15) is 18.0 Å². The highest BCUT2D eigenvalue weighted by Gasteiger charge is 2.17. The van der Waals surface area contributed by atoms with Gasteiger partial charge in [-0.05, 0) is 32.4 Å². The molecule has 0 aliphatic rings. The van der Waals surface area contributed by atoms with Gasteiger partial charge in [0.1, 0.15) is 4.88 Å². The summed E-state index contributed by atoms with van der Waals surface area (Å²) in [7, 11) is -1.71. The van der Waals surface area contributed by atoms with Crippen molar-refractivity contribution in [2.45, 2.75) is 31.6 Å². The van der Waals surface area contributed by atoms with E-state index >= 15 is 0 Å². The van der Waals surface area contributed by atoms with Crippen molar-refractivity contribution >= 4 is 33.1 Å². The number of benzene rings is 1. The Kier molecular flexibility index (Phi) is 7.09. The average molecular weight is 411 g/mol. The van der Waals surface area contributed by atoms with Crippen LogP contribution >= 0.6 is 11.3 Å². The molecule has 1 amide bonds. The molecule has 0 saturated heterocycles. The van der Waals surface area contributed by atoms with Gasteiger partial charge in [-0.3, -0.25) is 4.79 Å². The molecule has 9 heteroatoms. The van der Waals surface area contributed by atoms with E-state index in [-0.39, 0.29) is 30.1 Å². The van der Waals surface area contributed by atoms with Crippen LogP contribution in [0.5, 0.6) is 0 Å². The fourth-order valence-corrected chi connectivity index (χ4v) is 4.70. The molecule has 0 atom stereocenters. The van der Waals surface area contributed by atoms with Gasteiger partial charge in [-0.25, -0.2) is 13.2 Å². The Morgan fingerprint density at radius 2 is 1.89 bits per heavy atom. The Bertz CT molecular complexity index is 989. The second-order valence-electron chi connectivity index (χ2n) is 5.82. The largest absolute Gasteiger partial charge is 0.462 e. The zero-order valence-electron chi connectivity index (χ0n) is 15.5. The number of sulfone groups is 1. The topological polar surface area (TPSA) is 94.8 Å². The number of nitrogens with zero attached hydrogens (tertiary/aromatic N) is 2. The summed E-state index contributed by atoms with van der Waals surface area (Å²) in [5.41, 5.74) is 0.664. The number of hydrogen-bond acceptors (Lipinski definition) is 6. The standard InChI is InChI=1S/C18H22N2O5S2/c1-4-25-17(22)16-13(2)20(3)18(26-16)19-15(21)11-8-12-27(23,24)14-9-6-5-7-10-14/h5-7,9-10H,4,8,11-12H2,1-3H3. The van der Waals surface area contributed by atoms with Gasteiger partial charge >= 0.3 is 5.97 Å². The normalized spacial score (nSPS) is 12.2. The van der Waals surface area contributed by atoms with Crippen LogP contribution in [-0.4, -0.2) is 37.2 Å². The monoisotopic (exact) mass is 410 g/mol. The van der Waals surface area contributed by atoms with Gasteiger partial charge in [-0.15, -0.1) is 0 Å². The number of carbonyl (C=O) groups excluding carboxylic acids is 2. The lowest BCUT2D eigenvalue weighted by Gasteiger charge is -2.02. The van der Waals surface area contributed by atoms with E-state index in [1.165, 1.54) is 12.1 Å². The zero-order valence-corrected chi connectivity index (χ0v) is 17.1. The van der Waals surface area contributed by atoms with Crippen molar-refractivity contribution in [3.63, 3.8) is 0 Å². The first-order valence-corrected chi connectivity index (χ1v) is 10.9. The molecule has 0 spiro atoms. The van der Waals surface area contributed by atoms with Crippen LogP contribution in [0.2, 0.25) is 0 Å². The SMILES string of the molecule is CCOC(=O)c1sc(=NC(=O)CCCS(=O)(=O)c2ccccc2)n(C)c1C. The molecule has 0 N–H and O–H groups in total. The molecule has 0 aliphatic carbocycles. The smallest absolute Gasteiger partial charge is 0.350 e. The minimum Gasteiger partial charge on any atom is -0.462 e. The third kappa shape index (κ3) is 5.36. The van der Waals surface area contributed by atoms with Crippen LogP contribution in [-0.2, 0) is 26.4 Å². The summed E-state index contributed by atoms with van der Waals surface area (Å²) >= 11 is 1.08. The first-order valence-electron chi connectivity index (χ1n) is 8.45. The summed E-state index contributed by atoms with van der Waals surface area (Å²) in [5, 5.41) is 0. The number of thiazole rings is 1. The predicted octanol–water partition coefficient (Wildman–Crippen LogP) is 2.25. The van der Waals surface area contributed by atoms with Crippen LogP contribution in [0.1, 0.15) is 35.1 Å². The van der Waals surface area contributed by atoms with E-state index < -0.39 is 21.7 Å². The molecule has 2 aromatic rings. The molecule has 27 heavy (non-hydrogen) atoms. The minimum absolute atomic E-state index is 0.0117. The van der Waals surface area contributed by atoms with Crippen LogP contribution in [0.15, 0.2) is 40.2 Å². The minimum atomic E-state index is -3.41. The molecule has 146 valence electrons. The number of hydrogen-bond donors (Lipinski definition) is 0. The lowest BCUT2D eigenvalue weighted by molar-refractivity contribution is -0.118. The quantitative estimate of drug-likeness (QED) is 0.653. The van der Waals surface area contributed by atoms with E-state index in [1.54, 1.807) is 43.7 Å². The number of rotatable bonds is 7. The van der Waals surface area contributed by atoms with Crippen LogP contribution in [0.4, 0.5) is 0 Å². The highest BCUT2D eigenvalue weighted by molar-refractivity contribution is 7.91. The number of esters is 1. The Balaban J connectivity index is 2.05. The van der Waals surface area contributed by atoms with Crippen LogP contribution in [0.25, 0.3) is 0 Å². The summed E-state index contributed by atoms with van der Waals surface area (Å²) in [5.74, 6) is -0.994. The van der Waals surface area contributed by atoms with Crippen molar-refractivity contribution in [1.29, 1.82) is 0 Å². The van der Waals surface area contributed by atoms with Gasteiger partial charge in [-0.2, -0.15) is 4.99 Å². The summed E-state index contributed by atoms with van der Waals surface area (Å²) in [6.45, 7) is 3.74. The van der Waals surface area contributed by atoms with Gasteiger partial charge in [0, 0.05) is 19.2 Å². The first kappa shape index (κ1) is 21.0. The molecular formula is C18H22N2O5S2. The van der Waals surface area contributed by atoms with Gasteiger partial charge in [0.05, 0.1) is 17.3 Å². The van der Waals surface area contributed by atoms with Gasteiger partial charge < -0.3 is 9.30 Å². The van der Waals surface area contributed by atoms with Crippen LogP contribution < -0.4 is 4.80 Å². The molecule has 0 saturated carbocycles. The number of ether oxygens (including phenoxy) is 1. The van der Waals surface area contributed by atoms with Crippen LogP contribution in [0, 0.1) is 6.92 Å². The molecule has 2 rings (SSSR count). The lowest BCUT2D eigenvalue weighted by Crippen LogP contribution is -2.15. The molecule has 1 aromatic carbocycles. The van der Waals surface area contributed by atoms with Crippen LogP contribution in [0.3, 0.4) is 0 Å². The average Bonchev–Trinajstić information content (AvgIpc) is 2.91. The van der Waals surface area contributed by atoms with Crippen molar-refractivity contribution in [2.75, 3.05) is 12.4 Å². The molecule has 7 nitrogen and oxygen atoms in total. The van der Waals surface area contributed by atoms with Gasteiger partial charge in [-0.1, -0.05) is 29.5 Å². The summed E-state index contributed by atoms with van der Waals surface area (Å²) < 4.78 is 31.1. The van der Waals surface area contributed by atoms with E-state index in [0.29, 0.717) is 15.4 Å². The van der Waals surface area contributed by atoms with Gasteiger partial charge in [0.25, 0.3) is 0 Å². The highest BCUT2D eigenvalue weighted by atomic mass is 32.2. The fraction of sp³-hybridized carbons (Fsp3) is 0.389. The van der Waals surface area contributed by atoms with Crippen molar-refractivity contribution in [3.8, 4) is 0 Å². The van der Waals surface area contributed by atoms with Crippen molar-refractivity contribution in [3.05, 3.63) is 45.7 Å². The van der Waals surface area contributed by atoms with Crippen molar-refractivity contribution in [2.24, 2.45) is 12.0 Å². The van der Waals surface area contributed by atoms with E-state index in [0.717, 1.165) is 11.3 Å². The van der Waals surface area contributed by atoms with Gasteiger partial charge in [0.2, 0.25) is 5.91 Å². The Morgan fingerprint density at radius 3 is 2.52 bits per heavy atom. The summed E-state index contributed by atoms with van der Waals surface area (Å²) in [4.78, 5) is 29.1. The Hall–Kier alpha value is -2.26. The summed E-state index contributed by atoms with van der Waals surface area (Å²) in [6.07, 6.45) is 0.191. The predicted molar refractivity (Wildman–Crippen MR) is 102 cm³/mol. The second-order valence-corrected chi connectivity index (χ2v) is 8.91. The maximum Gasteiger partial charge on any atom is 0.350 e. The number of amides is 1. The molecule has 0 unspecified atom stereocenters. The Labute approximate surface area is 162 Å². The molecule has 0 radical (unpaired) electrons. The lowest BCUT2D eigenvalue weighted by atomic mass is 10.3. The number of carbonyl (C=O) groups is 2. The third-order valence-electron chi connectivity index (χ3n) is 3.90. The summed E-state index contributed by atoms with van der Waals surface area (Å²) in [6, 6.07) is 8.13. The van der Waals surface area contributed by atoms with E-state index in [1.807, 2.05) is 0 Å². The molecular weight excluding hydrogens is 388 g/mol. The first-order chi connectivity index (χ1) is 12.8. The zero-order chi connectivity index (χ0) is 20.0. The van der Waals surface area contributed by atoms with Crippen molar-refractivity contribution in [1.82, 2.24) is 4.57 Å². The molecule has 1 aromatic heterocycles. The maximum absolute atomic E-state index is 12.2. The fourth-order valence-electron chi connectivity index (χ4n) is 2.33. The van der Waals surface area contributed by atoms with E-state index in [2.05, 4.69) is 4.99 Å². The molecule has 0 fully saturated rings. The molecule has 1 heterocycles. The highest BCUT2D eigenvalue weighted by Crippen LogP contribution is 2.14. The number of aromatic nitrogens is 1. The Morgan fingerprint density at radius 1 is 1.22 bits per heavy atom. The third-order valence-corrected chi connectivity index (χ3v) is 6.93. The van der Waals surface area contributed by atoms with E-state index in [4.69, 9.17) is 4.74 Å². The maximum atomic E-state index is 12.2. The molecule has 0 bridgehead atoms. The van der Waals surface area contributed by atoms with Crippen molar-refractivity contribution < 1.29 is 22.7 Å².